The van der Waals surface area contributed by atoms with Crippen molar-refractivity contribution >= 4 is 0 Å². The van der Waals surface area contributed by atoms with E-state index in [0.29, 0.717) is 5.92 Å². The molecular weight excluding hydrogens is 444 g/mol. The third-order valence-electron chi connectivity index (χ3n) is 9.86. The second-order valence-electron chi connectivity index (χ2n) is 14.9. The van der Waals surface area contributed by atoms with Crippen LogP contribution in [-0.2, 0) is 21.7 Å². The molecule has 0 N–H and O–H groups in total. The Hall–Kier alpha value is -2.34. The van der Waals surface area contributed by atoms with E-state index in [1.165, 1.54) is 63.8 Å². The lowest BCUT2D eigenvalue weighted by molar-refractivity contribution is 0.332. The molecule has 3 aromatic rings. The van der Waals surface area contributed by atoms with Gasteiger partial charge in [-0.3, -0.25) is 0 Å². The lowest BCUT2D eigenvalue weighted by Gasteiger charge is -2.42. The number of hydrogen-bond donors (Lipinski definition) is 0. The standard InChI is InChI=1S/C37H48/c1-24(2)33-27(25-14-16-29-31(22-25)36(7,8)20-18-34(29,3)4)12-11-13-28(33)26-15-17-30-32(23-26)37(9,10)21-19-35(30,5)6/h11-17,22-24H,18-21H2,1-10H3/i22D. The Morgan fingerprint density at radius 2 is 1.00 bits per heavy atom. The molecule has 0 spiro atoms. The average Bonchev–Trinajstić information content (AvgIpc) is 2.84. The number of hydrogen-bond acceptors (Lipinski definition) is 0. The molecule has 0 saturated carbocycles. The van der Waals surface area contributed by atoms with Crippen LogP contribution in [0.15, 0.2) is 54.6 Å². The van der Waals surface area contributed by atoms with Crippen molar-refractivity contribution in [1.82, 2.24) is 0 Å². The quantitative estimate of drug-likeness (QED) is 0.340. The van der Waals surface area contributed by atoms with Gasteiger partial charge in [0.05, 0.1) is 1.37 Å². The van der Waals surface area contributed by atoms with Gasteiger partial charge < -0.3 is 0 Å². The Labute approximate surface area is 228 Å². The van der Waals surface area contributed by atoms with E-state index in [9.17, 15) is 1.37 Å². The Bertz CT molecular complexity index is 1400. The molecule has 2 aliphatic rings. The van der Waals surface area contributed by atoms with Crippen LogP contribution in [0.25, 0.3) is 22.3 Å². The van der Waals surface area contributed by atoms with Gasteiger partial charge >= 0.3 is 0 Å². The molecule has 0 saturated heterocycles. The zero-order valence-electron chi connectivity index (χ0n) is 26.0. The fourth-order valence-corrected chi connectivity index (χ4v) is 7.06. The molecular formula is C37H48. The lowest BCUT2D eigenvalue weighted by Crippen LogP contribution is -2.33. The summed E-state index contributed by atoms with van der Waals surface area (Å²) in [7, 11) is 0. The predicted octanol–water partition coefficient (Wildman–Crippen LogP) is 10.8. The van der Waals surface area contributed by atoms with Gasteiger partial charge in [-0.25, -0.2) is 0 Å². The van der Waals surface area contributed by atoms with Gasteiger partial charge in [0, 0.05) is 0 Å². The number of rotatable bonds is 3. The van der Waals surface area contributed by atoms with Crippen LogP contribution >= 0.6 is 0 Å². The van der Waals surface area contributed by atoms with Crippen molar-refractivity contribution in [3.05, 3.63) is 82.4 Å². The SMILES string of the molecule is [2H]c1c(-c2cccc(-c3ccc4c(c3)C(C)(C)CCC4(C)C)c2C(C)C)ccc2c1C(C)(C)CCC2(C)C. The predicted molar refractivity (Wildman–Crippen MR) is 162 cm³/mol. The molecule has 0 atom stereocenters. The van der Waals surface area contributed by atoms with Crippen LogP contribution in [0.1, 0.15) is 130 Å². The van der Waals surface area contributed by atoms with Gasteiger partial charge in [-0.2, -0.15) is 0 Å². The van der Waals surface area contributed by atoms with Crippen LogP contribution in [-0.4, -0.2) is 0 Å². The molecule has 0 heteroatoms. The summed E-state index contributed by atoms with van der Waals surface area (Å²) in [6.07, 6.45) is 4.75. The Morgan fingerprint density at radius 3 is 1.54 bits per heavy atom. The van der Waals surface area contributed by atoms with E-state index < -0.39 is 0 Å². The van der Waals surface area contributed by atoms with Crippen molar-refractivity contribution in [2.45, 2.75) is 122 Å². The van der Waals surface area contributed by atoms with E-state index >= 15 is 0 Å². The summed E-state index contributed by atoms with van der Waals surface area (Å²) in [5.74, 6) is 0.349. The molecule has 0 unspecified atom stereocenters. The van der Waals surface area contributed by atoms with Crippen molar-refractivity contribution in [3.8, 4) is 22.3 Å². The second-order valence-corrected chi connectivity index (χ2v) is 14.9. The van der Waals surface area contributed by atoms with E-state index in [1.54, 1.807) is 0 Å². The molecule has 0 fully saturated rings. The molecule has 0 heterocycles. The van der Waals surface area contributed by atoms with Gasteiger partial charge in [0.15, 0.2) is 0 Å². The molecule has 5 rings (SSSR count). The van der Waals surface area contributed by atoms with Crippen molar-refractivity contribution < 1.29 is 1.37 Å². The molecule has 0 amide bonds. The van der Waals surface area contributed by atoms with E-state index in [-0.39, 0.29) is 21.7 Å². The van der Waals surface area contributed by atoms with Crippen LogP contribution in [0.5, 0.6) is 0 Å². The van der Waals surface area contributed by atoms with Gasteiger partial charge in [0.2, 0.25) is 0 Å². The minimum absolute atomic E-state index is 0.0183. The van der Waals surface area contributed by atoms with E-state index in [2.05, 4.69) is 118 Å². The highest BCUT2D eigenvalue weighted by Gasteiger charge is 2.38. The van der Waals surface area contributed by atoms with E-state index in [4.69, 9.17) is 0 Å². The summed E-state index contributed by atoms with van der Waals surface area (Å²) in [6, 6.07) is 19.3. The molecule has 196 valence electrons. The summed E-state index contributed by atoms with van der Waals surface area (Å²) in [5, 5.41) is 0. The van der Waals surface area contributed by atoms with Gasteiger partial charge in [0.1, 0.15) is 0 Å². The van der Waals surface area contributed by atoms with Crippen molar-refractivity contribution in [2.75, 3.05) is 0 Å². The monoisotopic (exact) mass is 493 g/mol. The summed E-state index contributed by atoms with van der Waals surface area (Å²) in [6.45, 7) is 23.6. The summed E-state index contributed by atoms with van der Waals surface area (Å²) >= 11 is 0. The first-order valence-electron chi connectivity index (χ1n) is 15.0. The lowest BCUT2D eigenvalue weighted by atomic mass is 9.62. The third-order valence-corrected chi connectivity index (χ3v) is 9.86. The minimum Gasteiger partial charge on any atom is -0.0610 e. The smallest absolute Gasteiger partial charge is 0.0610 e. The largest absolute Gasteiger partial charge is 0.0632 e. The molecule has 0 aromatic heterocycles. The molecule has 3 aromatic carbocycles. The third kappa shape index (κ3) is 4.39. The molecule has 0 bridgehead atoms. The number of fused-ring (bicyclic) bond motifs is 2. The van der Waals surface area contributed by atoms with Crippen molar-refractivity contribution in [3.63, 3.8) is 0 Å². The normalized spacial score (nSPS) is 21.2. The minimum atomic E-state index is 0.0183. The van der Waals surface area contributed by atoms with E-state index in [1.807, 2.05) is 0 Å². The average molecular weight is 494 g/mol. The molecule has 0 nitrogen and oxygen atoms in total. The topological polar surface area (TPSA) is 0 Å². The van der Waals surface area contributed by atoms with Gasteiger partial charge in [-0.1, -0.05) is 124 Å². The maximum Gasteiger partial charge on any atom is 0.0632 e. The fourth-order valence-electron chi connectivity index (χ4n) is 7.06. The van der Waals surface area contributed by atoms with Crippen LogP contribution in [0, 0.1) is 0 Å². The highest BCUT2D eigenvalue weighted by molar-refractivity contribution is 5.80. The van der Waals surface area contributed by atoms with E-state index in [0.717, 1.165) is 18.0 Å². The molecule has 0 aliphatic heterocycles. The Balaban J connectivity index is 1.73. The maximum absolute atomic E-state index is 9.53. The van der Waals surface area contributed by atoms with Crippen LogP contribution in [0.4, 0.5) is 0 Å². The fraction of sp³-hybridized carbons (Fsp3) is 0.514. The Kier molecular flexibility index (Phi) is 5.79. The molecule has 37 heavy (non-hydrogen) atoms. The van der Waals surface area contributed by atoms with Crippen LogP contribution < -0.4 is 0 Å². The van der Waals surface area contributed by atoms with Crippen molar-refractivity contribution in [1.29, 1.82) is 0 Å². The van der Waals surface area contributed by atoms with Gasteiger partial charge in [0.25, 0.3) is 0 Å². The number of benzene rings is 3. The molecule has 0 radical (unpaired) electrons. The maximum atomic E-state index is 9.53. The zero-order chi connectivity index (χ0) is 27.8. The molecule has 2 aliphatic carbocycles. The summed E-state index contributed by atoms with van der Waals surface area (Å²) in [4.78, 5) is 0. The first-order valence-corrected chi connectivity index (χ1v) is 14.5. The first-order chi connectivity index (χ1) is 17.6. The van der Waals surface area contributed by atoms with Crippen LogP contribution in [0.2, 0.25) is 0 Å². The van der Waals surface area contributed by atoms with Crippen molar-refractivity contribution in [2.24, 2.45) is 0 Å². The van der Waals surface area contributed by atoms with Gasteiger partial charge in [-0.05, 0) is 103 Å². The first kappa shape index (κ1) is 25.0. The summed E-state index contributed by atoms with van der Waals surface area (Å²) in [5.41, 5.74) is 12.5. The van der Waals surface area contributed by atoms with Gasteiger partial charge in [-0.15, -0.1) is 0 Å². The van der Waals surface area contributed by atoms with Crippen LogP contribution in [0.3, 0.4) is 0 Å². The highest BCUT2D eigenvalue weighted by atomic mass is 14.4. The summed E-state index contributed by atoms with van der Waals surface area (Å²) < 4.78 is 9.53. The highest BCUT2D eigenvalue weighted by Crippen LogP contribution is 2.49. The Morgan fingerprint density at radius 1 is 0.568 bits per heavy atom. The zero-order valence-corrected chi connectivity index (χ0v) is 25.0. The second kappa shape index (κ2) is 8.59.